The third kappa shape index (κ3) is 23.3. The van der Waals surface area contributed by atoms with Gasteiger partial charge in [0.2, 0.25) is 0 Å². The molecule has 10 saturated heterocycles. The number of carbonyl (C=O) groups excluding carboxylic acids is 7. The van der Waals surface area contributed by atoms with E-state index in [0.717, 1.165) is 120 Å². The third-order valence-electron chi connectivity index (χ3n) is 20.5. The van der Waals surface area contributed by atoms with Crippen LogP contribution in [0.4, 0.5) is 0 Å². The van der Waals surface area contributed by atoms with Crippen molar-refractivity contribution in [2.45, 2.75) is 341 Å². The van der Waals surface area contributed by atoms with Gasteiger partial charge in [0, 0.05) is 18.3 Å². The van der Waals surface area contributed by atoms with Crippen molar-refractivity contribution in [2.24, 2.45) is 70.0 Å². The normalized spacial score (nSPS) is 35.0. The van der Waals surface area contributed by atoms with E-state index in [4.69, 9.17) is 37.9 Å². The van der Waals surface area contributed by atoms with Gasteiger partial charge in [0.15, 0.2) is 0 Å². The minimum atomic E-state index is -0.107. The Bertz CT molecular complexity index is 1960. The molecule has 8 saturated carbocycles. The molecule has 15 nitrogen and oxygen atoms in total. The van der Waals surface area contributed by atoms with E-state index in [2.05, 4.69) is 6.92 Å². The van der Waals surface area contributed by atoms with Crippen LogP contribution < -0.4 is 0 Å². The van der Waals surface area contributed by atoms with Crippen LogP contribution >= 0.6 is 0 Å². The van der Waals surface area contributed by atoms with E-state index >= 15 is 0 Å². The van der Waals surface area contributed by atoms with Crippen LogP contribution in [0.1, 0.15) is 310 Å². The standard InChI is InChI=1S/C12H20O2.C10H14O2.C9H14O2.C8H10O2.2C7H10O2.C6H8O3.8C2H6/c1-2-4-10-5-3-6-12(9-10)7-8-14-11(12)13;11-10-8-2-6-1-7(3-8)5-9(4-6)12-10;10-8-9(6-7-11-8)4-2-1-3-5-9;9-8-6-2-5-1-4(6)3-7(5)10-8;8-7-6-3-1-2-5(6)4-9-7;8-7-4-5-2-1-3-6(5)9-7;7-6-3-5-4(9-6)1-2-8-5;8*1-2/h10H,2-9H2,1H3;6-9H,1-5H2;1-7H2;4-7H,1-3H2;2*5-6H,1-4H2;4-5H,1-3H2;8*1-2H3. The van der Waals surface area contributed by atoms with Crippen LogP contribution in [0.5, 0.6) is 0 Å². The average Bonchev–Trinajstić information content (AvgIpc) is 1.64. The molecule has 90 heavy (non-hydrogen) atoms. The monoisotopic (exact) mass is 1270 g/mol. The fourth-order valence-electron chi connectivity index (χ4n) is 16.7. The number of hydrogen-bond donors (Lipinski definition) is 0. The van der Waals surface area contributed by atoms with Crippen molar-refractivity contribution >= 4 is 41.8 Å². The summed E-state index contributed by atoms with van der Waals surface area (Å²) in [5.74, 6) is 6.18. The number of cyclic esters (lactones) is 3. The second-order valence-corrected chi connectivity index (χ2v) is 25.4. The molecule has 14 atom stereocenters. The van der Waals surface area contributed by atoms with Gasteiger partial charge in [-0.1, -0.05) is 169 Å². The zero-order chi connectivity index (χ0) is 67.4. The van der Waals surface area contributed by atoms with E-state index in [1.54, 1.807) is 0 Å². The van der Waals surface area contributed by atoms with Crippen molar-refractivity contribution in [3.8, 4) is 0 Å². The summed E-state index contributed by atoms with van der Waals surface area (Å²) < 4.78 is 40.8. The average molecular weight is 1280 g/mol. The molecule has 0 N–H and O–H groups in total. The van der Waals surface area contributed by atoms with Crippen molar-refractivity contribution in [3.63, 3.8) is 0 Å². The molecule has 0 aromatic heterocycles. The molecule has 18 fully saturated rings. The highest BCUT2D eigenvalue weighted by molar-refractivity contribution is 5.79. The maximum absolute atomic E-state index is 11.7. The molecule has 2 spiro atoms. The van der Waals surface area contributed by atoms with Gasteiger partial charge in [0.1, 0.15) is 30.5 Å². The van der Waals surface area contributed by atoms with Crippen LogP contribution in [0.25, 0.3) is 0 Å². The Morgan fingerprint density at radius 3 is 1.50 bits per heavy atom. The molecule has 18 aliphatic rings. The molecule has 14 unspecified atom stereocenters. The Labute approximate surface area is 548 Å². The fraction of sp³-hybridized carbons (Fsp3) is 0.907. The first-order valence-electron chi connectivity index (χ1n) is 37.8. The summed E-state index contributed by atoms with van der Waals surface area (Å²) in [4.78, 5) is 77.5. The number of fused-ring (bicyclic) bond motifs is 5. The summed E-state index contributed by atoms with van der Waals surface area (Å²) in [6.07, 6.45) is 34.7. The van der Waals surface area contributed by atoms with Crippen molar-refractivity contribution in [3.05, 3.63) is 0 Å². The molecule has 524 valence electrons. The van der Waals surface area contributed by atoms with E-state index in [-0.39, 0.29) is 82.8 Å². The second-order valence-electron chi connectivity index (χ2n) is 25.4. The summed E-state index contributed by atoms with van der Waals surface area (Å²) >= 11 is 0. The number of hydrogen-bond acceptors (Lipinski definition) is 15. The second kappa shape index (κ2) is 44.8. The quantitative estimate of drug-likeness (QED) is 0.187. The summed E-state index contributed by atoms with van der Waals surface area (Å²) in [5, 5.41) is 0. The van der Waals surface area contributed by atoms with Gasteiger partial charge >= 0.3 is 41.8 Å². The van der Waals surface area contributed by atoms with Crippen LogP contribution in [-0.2, 0) is 71.5 Å². The molecule has 0 aromatic carbocycles. The molecule has 0 aromatic rings. The minimum absolute atomic E-state index is 0.0182. The lowest BCUT2D eigenvalue weighted by molar-refractivity contribution is -0.169. The van der Waals surface area contributed by atoms with Crippen molar-refractivity contribution in [1.82, 2.24) is 0 Å². The van der Waals surface area contributed by atoms with Crippen LogP contribution in [0.15, 0.2) is 0 Å². The minimum Gasteiger partial charge on any atom is -0.465 e. The van der Waals surface area contributed by atoms with Gasteiger partial charge in [-0.25, -0.2) is 0 Å². The lowest BCUT2D eigenvalue weighted by Gasteiger charge is -2.35. The fourth-order valence-corrected chi connectivity index (χ4v) is 16.7. The predicted octanol–water partition coefficient (Wildman–Crippen LogP) is 17.9. The zero-order valence-electron chi connectivity index (χ0n) is 60.3. The van der Waals surface area contributed by atoms with Crippen molar-refractivity contribution in [2.75, 3.05) is 26.4 Å². The Morgan fingerprint density at radius 1 is 0.389 bits per heavy atom. The lowest BCUT2D eigenvalue weighted by atomic mass is 9.68. The summed E-state index contributed by atoms with van der Waals surface area (Å²) in [6, 6.07) is 0. The largest absolute Gasteiger partial charge is 0.465 e. The molecule has 18 rings (SSSR count). The highest BCUT2D eigenvalue weighted by atomic mass is 16.6. The van der Waals surface area contributed by atoms with Crippen LogP contribution in [0.2, 0.25) is 0 Å². The Hall–Kier alpha value is -3.75. The molecule has 8 aliphatic carbocycles. The van der Waals surface area contributed by atoms with Gasteiger partial charge < -0.3 is 37.9 Å². The van der Waals surface area contributed by atoms with E-state index in [0.29, 0.717) is 68.5 Å². The molecule has 0 radical (unpaired) electrons. The Balaban J connectivity index is 0.000000346. The topological polar surface area (TPSA) is 193 Å². The lowest BCUT2D eigenvalue weighted by Crippen LogP contribution is -2.39. The maximum atomic E-state index is 11.7. The summed E-state index contributed by atoms with van der Waals surface area (Å²) in [6.45, 7) is 37.0. The smallest absolute Gasteiger partial charge is 0.312 e. The SMILES string of the molecule is CC.CC.CC.CC.CC.CC.CC.CC.CCCC1CCCC2(CCOC2=O)C1.O=C1CC2CCCC2O1.O=C1CC2OCCC2O1.O=C1OC2CC3CC(C2)CC1C3.O=C1OC2CC3CC2CC13.O=C1OCC2CCCC12.O=C1OCCC12CCCCC2. The van der Waals surface area contributed by atoms with Gasteiger partial charge in [-0.15, -0.1) is 0 Å². The summed E-state index contributed by atoms with van der Waals surface area (Å²) in [5.41, 5.74) is -0.0870. The Morgan fingerprint density at radius 2 is 0.967 bits per heavy atom. The van der Waals surface area contributed by atoms with Gasteiger partial charge in [0.25, 0.3) is 0 Å². The number of ether oxygens (including phenoxy) is 8. The van der Waals surface area contributed by atoms with Gasteiger partial charge in [-0.2, -0.15) is 0 Å². The number of rotatable bonds is 2. The number of carbonyl (C=O) groups is 7. The molecule has 0 amide bonds. The van der Waals surface area contributed by atoms with E-state index in [9.17, 15) is 33.6 Å². The van der Waals surface area contributed by atoms with Crippen molar-refractivity contribution < 1.29 is 71.5 Å². The summed E-state index contributed by atoms with van der Waals surface area (Å²) in [7, 11) is 0. The van der Waals surface area contributed by atoms with Crippen LogP contribution in [0.3, 0.4) is 0 Å². The molecular weight excluding hydrogens is 1140 g/mol. The maximum Gasteiger partial charge on any atom is 0.312 e. The molecule has 15 heteroatoms. The zero-order valence-corrected chi connectivity index (χ0v) is 60.3. The Kier molecular flexibility index (Phi) is 41.0. The third-order valence-corrected chi connectivity index (χ3v) is 20.5. The first kappa shape index (κ1) is 82.3. The van der Waals surface area contributed by atoms with Crippen molar-refractivity contribution in [1.29, 1.82) is 0 Å². The highest BCUT2D eigenvalue weighted by Gasteiger charge is 2.56. The molecule has 8 bridgehead atoms. The molecule has 10 heterocycles. The van der Waals surface area contributed by atoms with E-state index < -0.39 is 0 Å². The predicted molar refractivity (Wildman–Crippen MR) is 357 cm³/mol. The van der Waals surface area contributed by atoms with E-state index in [1.165, 1.54) is 89.9 Å². The van der Waals surface area contributed by atoms with E-state index in [1.807, 2.05) is 111 Å². The first-order chi connectivity index (χ1) is 43.9. The number of esters is 7. The van der Waals surface area contributed by atoms with Gasteiger partial charge in [-0.3, -0.25) is 33.6 Å². The molecular formula is C75H134O15. The van der Waals surface area contributed by atoms with Crippen LogP contribution in [-0.4, -0.2) is 98.7 Å². The van der Waals surface area contributed by atoms with Gasteiger partial charge in [0.05, 0.1) is 67.9 Å². The van der Waals surface area contributed by atoms with Crippen LogP contribution in [0, 0.1) is 70.0 Å². The van der Waals surface area contributed by atoms with Gasteiger partial charge in [-0.05, 0) is 152 Å². The first-order valence-corrected chi connectivity index (χ1v) is 37.8. The molecule has 10 aliphatic heterocycles. The highest BCUT2D eigenvalue weighted by Crippen LogP contribution is 2.54.